The summed E-state index contributed by atoms with van der Waals surface area (Å²) in [7, 11) is 0. The number of aromatic nitrogens is 2. The Morgan fingerprint density at radius 1 is 0.521 bits per heavy atom. The Bertz CT molecular complexity index is 2730. The van der Waals surface area contributed by atoms with E-state index in [0.29, 0.717) is 0 Å². The summed E-state index contributed by atoms with van der Waals surface area (Å²) in [6.45, 7) is 2.12. The van der Waals surface area contributed by atoms with E-state index >= 15 is 0 Å². The quantitative estimate of drug-likeness (QED) is 0.140. The van der Waals surface area contributed by atoms with Gasteiger partial charge in [0.15, 0.2) is 0 Å². The van der Waals surface area contributed by atoms with Crippen molar-refractivity contribution in [1.29, 1.82) is 0 Å². The zero-order valence-corrected chi connectivity index (χ0v) is 26.6. The zero-order chi connectivity index (χ0) is 32.0. The molecule has 0 bridgehead atoms. The first kappa shape index (κ1) is 28.0. The van der Waals surface area contributed by atoms with Gasteiger partial charge in [0, 0.05) is 10.8 Å². The summed E-state index contributed by atoms with van der Waals surface area (Å²) in [6, 6.07) is 56.8. The minimum atomic E-state index is 0.996. The van der Waals surface area contributed by atoms with E-state index in [1.165, 1.54) is 60.5 Å². The molecule has 7 aromatic carbocycles. The van der Waals surface area contributed by atoms with Crippen LogP contribution in [0.3, 0.4) is 0 Å². The Balaban J connectivity index is 1.27. The average molecular weight is 613 g/mol. The van der Waals surface area contributed by atoms with E-state index in [-0.39, 0.29) is 0 Å². The van der Waals surface area contributed by atoms with Gasteiger partial charge in [-0.2, -0.15) is 0 Å². The van der Waals surface area contributed by atoms with E-state index in [1.54, 1.807) is 0 Å². The SMILES string of the molecule is C/C=C(\C=C/c1ccccc1)c1cc(-c2ccc3ccccc3c2)cc(-c2ccc3c(c2)c2ccccc2c2nc4ccccc4n32)c1. The third kappa shape index (κ3) is 4.78. The molecule has 0 aliphatic heterocycles. The molecule has 0 amide bonds. The van der Waals surface area contributed by atoms with Crippen LogP contribution in [0.25, 0.3) is 83.0 Å². The molecule has 0 radical (unpaired) electrons. The maximum atomic E-state index is 5.07. The molecular formula is C46H32N2. The number of hydrogen-bond donors (Lipinski definition) is 0. The fraction of sp³-hybridized carbons (Fsp3) is 0.0217. The van der Waals surface area contributed by atoms with Gasteiger partial charge >= 0.3 is 0 Å². The predicted octanol–water partition coefficient (Wildman–Crippen LogP) is 12.4. The molecule has 0 atom stereocenters. The molecule has 2 heterocycles. The van der Waals surface area contributed by atoms with Crippen molar-refractivity contribution >= 4 is 60.8 Å². The molecule has 2 aromatic heterocycles. The molecule has 2 nitrogen and oxygen atoms in total. The van der Waals surface area contributed by atoms with Crippen LogP contribution in [0, 0.1) is 0 Å². The third-order valence-electron chi connectivity index (χ3n) is 9.50. The van der Waals surface area contributed by atoms with E-state index in [4.69, 9.17) is 4.98 Å². The van der Waals surface area contributed by atoms with E-state index in [2.05, 4.69) is 187 Å². The second-order valence-electron chi connectivity index (χ2n) is 12.4. The van der Waals surface area contributed by atoms with Crippen LogP contribution in [0.15, 0.2) is 170 Å². The Morgan fingerprint density at radius 3 is 2.04 bits per heavy atom. The van der Waals surface area contributed by atoms with Crippen LogP contribution in [-0.4, -0.2) is 9.38 Å². The summed E-state index contributed by atoms with van der Waals surface area (Å²) in [5.41, 5.74) is 12.6. The summed E-state index contributed by atoms with van der Waals surface area (Å²) in [6.07, 6.45) is 6.63. The summed E-state index contributed by atoms with van der Waals surface area (Å²) in [4.78, 5) is 5.07. The molecule has 0 aliphatic rings. The Morgan fingerprint density at radius 2 is 1.21 bits per heavy atom. The number of nitrogens with zero attached hydrogens (tertiary/aromatic N) is 2. The topological polar surface area (TPSA) is 17.3 Å². The van der Waals surface area contributed by atoms with Crippen LogP contribution in [0.2, 0.25) is 0 Å². The van der Waals surface area contributed by atoms with Crippen molar-refractivity contribution in [2.45, 2.75) is 6.92 Å². The largest absolute Gasteiger partial charge is 0.292 e. The number of hydrogen-bond acceptors (Lipinski definition) is 1. The molecular weight excluding hydrogens is 581 g/mol. The smallest absolute Gasteiger partial charge is 0.146 e. The third-order valence-corrected chi connectivity index (χ3v) is 9.50. The maximum Gasteiger partial charge on any atom is 0.146 e. The molecule has 0 unspecified atom stereocenters. The van der Waals surface area contributed by atoms with Gasteiger partial charge in [-0.05, 0) is 111 Å². The van der Waals surface area contributed by atoms with Gasteiger partial charge in [0.05, 0.1) is 16.6 Å². The van der Waals surface area contributed by atoms with Crippen LogP contribution in [0.5, 0.6) is 0 Å². The van der Waals surface area contributed by atoms with Gasteiger partial charge in [-0.1, -0.05) is 127 Å². The van der Waals surface area contributed by atoms with Crippen molar-refractivity contribution in [2.75, 3.05) is 0 Å². The molecule has 9 aromatic rings. The molecule has 0 aliphatic carbocycles. The fourth-order valence-corrected chi connectivity index (χ4v) is 7.10. The van der Waals surface area contributed by atoms with Crippen LogP contribution in [-0.2, 0) is 0 Å². The number of pyridine rings is 1. The van der Waals surface area contributed by atoms with Crippen LogP contribution in [0.1, 0.15) is 18.1 Å². The van der Waals surface area contributed by atoms with Crippen molar-refractivity contribution in [3.63, 3.8) is 0 Å². The van der Waals surface area contributed by atoms with Crippen molar-refractivity contribution in [3.05, 3.63) is 181 Å². The monoisotopic (exact) mass is 612 g/mol. The number of benzene rings is 7. The van der Waals surface area contributed by atoms with Gasteiger partial charge < -0.3 is 0 Å². The van der Waals surface area contributed by atoms with E-state index in [9.17, 15) is 0 Å². The zero-order valence-electron chi connectivity index (χ0n) is 26.6. The van der Waals surface area contributed by atoms with Crippen molar-refractivity contribution in [3.8, 4) is 22.3 Å². The Kier molecular flexibility index (Phi) is 6.72. The van der Waals surface area contributed by atoms with E-state index in [0.717, 1.165) is 27.6 Å². The van der Waals surface area contributed by atoms with E-state index in [1.807, 2.05) is 0 Å². The Hall–Kier alpha value is -6.25. The second kappa shape index (κ2) is 11.5. The first-order valence-electron chi connectivity index (χ1n) is 16.5. The molecule has 0 saturated heterocycles. The van der Waals surface area contributed by atoms with Crippen LogP contribution >= 0.6 is 0 Å². The lowest BCUT2D eigenvalue weighted by atomic mass is 9.91. The minimum Gasteiger partial charge on any atom is -0.292 e. The molecule has 2 heteroatoms. The molecule has 0 saturated carbocycles. The molecule has 0 spiro atoms. The standard InChI is InChI=1S/C46H32N2/c1-2-32(21-20-31-12-4-3-5-13-31)37-27-38(35-23-22-33-14-6-7-15-34(33)26-35)29-39(28-37)36-24-25-44-42(30-36)40-16-8-9-17-41(40)46-47-43-18-10-11-19-45(43)48(44)46/h2-30H,1H3/b21-20-,32-2+. The van der Waals surface area contributed by atoms with Crippen molar-refractivity contribution in [2.24, 2.45) is 0 Å². The normalized spacial score (nSPS) is 12.3. The van der Waals surface area contributed by atoms with Gasteiger partial charge in [-0.25, -0.2) is 4.98 Å². The number of fused-ring (bicyclic) bond motifs is 9. The molecule has 48 heavy (non-hydrogen) atoms. The lowest BCUT2D eigenvalue weighted by Gasteiger charge is -2.14. The maximum absolute atomic E-state index is 5.07. The summed E-state index contributed by atoms with van der Waals surface area (Å²) < 4.78 is 2.32. The number of para-hydroxylation sites is 2. The van der Waals surface area contributed by atoms with Gasteiger partial charge in [-0.3, -0.25) is 4.40 Å². The van der Waals surface area contributed by atoms with Gasteiger partial charge in [0.1, 0.15) is 5.65 Å². The highest BCUT2D eigenvalue weighted by Gasteiger charge is 2.15. The molecule has 226 valence electrons. The average Bonchev–Trinajstić information content (AvgIpc) is 3.55. The van der Waals surface area contributed by atoms with E-state index < -0.39 is 0 Å². The minimum absolute atomic E-state index is 0.996. The second-order valence-corrected chi connectivity index (χ2v) is 12.4. The number of imidazole rings is 1. The molecule has 0 fully saturated rings. The van der Waals surface area contributed by atoms with Gasteiger partial charge in [0.25, 0.3) is 0 Å². The Labute approximate surface area is 279 Å². The highest BCUT2D eigenvalue weighted by molar-refractivity contribution is 6.14. The summed E-state index contributed by atoms with van der Waals surface area (Å²) in [5.74, 6) is 0. The van der Waals surface area contributed by atoms with Crippen LogP contribution in [0.4, 0.5) is 0 Å². The predicted molar refractivity (Wildman–Crippen MR) is 205 cm³/mol. The first-order chi connectivity index (χ1) is 23.7. The van der Waals surface area contributed by atoms with Crippen molar-refractivity contribution in [1.82, 2.24) is 9.38 Å². The molecule has 9 rings (SSSR count). The van der Waals surface area contributed by atoms with Crippen LogP contribution < -0.4 is 0 Å². The lowest BCUT2D eigenvalue weighted by molar-refractivity contribution is 1.31. The van der Waals surface area contributed by atoms with Crippen molar-refractivity contribution < 1.29 is 0 Å². The number of allylic oxidation sites excluding steroid dienone is 3. The fourth-order valence-electron chi connectivity index (χ4n) is 7.10. The highest BCUT2D eigenvalue weighted by Crippen LogP contribution is 2.37. The van der Waals surface area contributed by atoms with Gasteiger partial charge in [0.2, 0.25) is 0 Å². The number of rotatable bonds is 5. The summed E-state index contributed by atoms with van der Waals surface area (Å²) >= 11 is 0. The first-order valence-corrected chi connectivity index (χ1v) is 16.5. The highest BCUT2D eigenvalue weighted by atomic mass is 15.0. The molecule has 0 N–H and O–H groups in total. The lowest BCUT2D eigenvalue weighted by Crippen LogP contribution is -1.93. The summed E-state index contributed by atoms with van der Waals surface area (Å²) in [5, 5.41) is 6.07. The van der Waals surface area contributed by atoms with Gasteiger partial charge in [-0.15, -0.1) is 0 Å².